The lowest BCUT2D eigenvalue weighted by Gasteiger charge is -2.11. The molecule has 2 aromatic carbocycles. The van der Waals surface area contributed by atoms with Crippen molar-refractivity contribution in [3.8, 4) is 5.75 Å². The van der Waals surface area contributed by atoms with Gasteiger partial charge in [0, 0.05) is 24.8 Å². The number of amides is 2. The van der Waals surface area contributed by atoms with Gasteiger partial charge in [-0.15, -0.1) is 0 Å². The van der Waals surface area contributed by atoms with Crippen molar-refractivity contribution in [2.75, 3.05) is 24.4 Å². The van der Waals surface area contributed by atoms with Crippen LogP contribution in [0.3, 0.4) is 0 Å². The highest BCUT2D eigenvalue weighted by Crippen LogP contribution is 2.30. The third kappa shape index (κ3) is 3.40. The van der Waals surface area contributed by atoms with Crippen LogP contribution in [0.5, 0.6) is 5.75 Å². The smallest absolute Gasteiger partial charge is 0.231 e. The summed E-state index contributed by atoms with van der Waals surface area (Å²) in [5.74, 6) is 0.845. The average Bonchev–Trinajstić information content (AvgIpc) is 2.87. The molecule has 5 heteroatoms. The van der Waals surface area contributed by atoms with Crippen LogP contribution in [-0.2, 0) is 22.4 Å². The largest absolute Gasteiger partial charge is 0.497 e. The summed E-state index contributed by atoms with van der Waals surface area (Å²) in [5, 5.41) is 2.90. The van der Waals surface area contributed by atoms with E-state index in [-0.39, 0.29) is 11.8 Å². The number of rotatable bonds is 5. The quantitative estimate of drug-likeness (QED) is 0.920. The maximum Gasteiger partial charge on any atom is 0.231 e. The van der Waals surface area contributed by atoms with Crippen molar-refractivity contribution in [3.05, 3.63) is 53.6 Å². The monoisotopic (exact) mass is 324 g/mol. The van der Waals surface area contributed by atoms with Gasteiger partial charge >= 0.3 is 0 Å². The molecule has 24 heavy (non-hydrogen) atoms. The van der Waals surface area contributed by atoms with Gasteiger partial charge in [0.15, 0.2) is 0 Å². The molecule has 1 N–H and O–H groups in total. The number of hydrogen-bond donors (Lipinski definition) is 1. The first-order valence-electron chi connectivity index (χ1n) is 7.89. The molecular weight excluding hydrogens is 304 g/mol. The van der Waals surface area contributed by atoms with Gasteiger partial charge < -0.3 is 15.0 Å². The zero-order valence-electron chi connectivity index (χ0n) is 13.8. The molecule has 124 valence electrons. The SMILES string of the molecule is COc1ccc(CCC(=O)Nc2ccc3c(c2)CC(=O)N3C)cc1. The summed E-state index contributed by atoms with van der Waals surface area (Å²) < 4.78 is 5.12. The molecule has 3 rings (SSSR count). The molecule has 0 bridgehead atoms. The van der Waals surface area contributed by atoms with E-state index in [9.17, 15) is 9.59 Å². The molecule has 0 spiro atoms. The van der Waals surface area contributed by atoms with Crippen LogP contribution in [0.4, 0.5) is 11.4 Å². The van der Waals surface area contributed by atoms with Gasteiger partial charge in [0.1, 0.15) is 5.75 Å². The normalized spacial score (nSPS) is 12.9. The Bertz CT molecular complexity index is 769. The van der Waals surface area contributed by atoms with Gasteiger partial charge in [-0.2, -0.15) is 0 Å². The van der Waals surface area contributed by atoms with E-state index in [1.165, 1.54) is 0 Å². The zero-order chi connectivity index (χ0) is 17.1. The Morgan fingerprint density at radius 2 is 1.96 bits per heavy atom. The third-order valence-electron chi connectivity index (χ3n) is 4.24. The number of anilines is 2. The van der Waals surface area contributed by atoms with Crippen molar-refractivity contribution in [1.82, 2.24) is 0 Å². The summed E-state index contributed by atoms with van der Waals surface area (Å²) in [7, 11) is 3.39. The van der Waals surface area contributed by atoms with Crippen LogP contribution in [0, 0.1) is 0 Å². The molecule has 1 heterocycles. The van der Waals surface area contributed by atoms with Crippen molar-refractivity contribution >= 4 is 23.2 Å². The molecule has 0 fully saturated rings. The standard InChI is InChI=1S/C19H20N2O3/c1-21-17-9-6-15(11-14(17)12-19(21)23)20-18(22)10-5-13-3-7-16(24-2)8-4-13/h3-4,6-9,11H,5,10,12H2,1-2H3,(H,20,22). The Balaban J connectivity index is 1.57. The van der Waals surface area contributed by atoms with Crippen molar-refractivity contribution in [2.45, 2.75) is 19.3 Å². The van der Waals surface area contributed by atoms with Crippen LogP contribution in [0.15, 0.2) is 42.5 Å². The molecule has 1 aliphatic rings. The summed E-state index contributed by atoms with van der Waals surface area (Å²) in [4.78, 5) is 25.5. The highest BCUT2D eigenvalue weighted by atomic mass is 16.5. The maximum atomic E-state index is 12.1. The Labute approximate surface area is 141 Å². The molecule has 2 amide bonds. The molecule has 0 atom stereocenters. The van der Waals surface area contributed by atoms with E-state index in [4.69, 9.17) is 4.74 Å². The van der Waals surface area contributed by atoms with Gasteiger partial charge in [-0.25, -0.2) is 0 Å². The van der Waals surface area contributed by atoms with E-state index < -0.39 is 0 Å². The van der Waals surface area contributed by atoms with Crippen molar-refractivity contribution < 1.29 is 14.3 Å². The first-order chi connectivity index (χ1) is 11.6. The fourth-order valence-electron chi connectivity index (χ4n) is 2.82. The molecule has 1 aliphatic heterocycles. The first kappa shape index (κ1) is 16.1. The molecular formula is C19H20N2O3. The van der Waals surface area contributed by atoms with Gasteiger partial charge in [0.05, 0.1) is 13.5 Å². The number of nitrogens with zero attached hydrogens (tertiary/aromatic N) is 1. The predicted octanol–water partition coefficient (Wildman–Crippen LogP) is 2.79. The van der Waals surface area contributed by atoms with Crippen molar-refractivity contribution in [2.24, 2.45) is 0 Å². The number of likely N-dealkylation sites (N-methyl/N-ethyl adjacent to an activating group) is 1. The number of benzene rings is 2. The lowest BCUT2D eigenvalue weighted by Crippen LogP contribution is -2.20. The van der Waals surface area contributed by atoms with E-state index in [2.05, 4.69) is 5.32 Å². The molecule has 0 aromatic heterocycles. The van der Waals surface area contributed by atoms with Crippen LogP contribution < -0.4 is 15.0 Å². The van der Waals surface area contributed by atoms with Crippen LogP contribution in [-0.4, -0.2) is 26.0 Å². The molecule has 0 unspecified atom stereocenters. The van der Waals surface area contributed by atoms with Crippen LogP contribution in [0.1, 0.15) is 17.5 Å². The number of carbonyl (C=O) groups excluding carboxylic acids is 2. The predicted molar refractivity (Wildman–Crippen MR) is 93.5 cm³/mol. The number of methoxy groups -OCH3 is 1. The van der Waals surface area contributed by atoms with Gasteiger partial charge in [-0.05, 0) is 47.9 Å². The summed E-state index contributed by atoms with van der Waals surface area (Å²) in [6.07, 6.45) is 1.46. The van der Waals surface area contributed by atoms with Crippen molar-refractivity contribution in [3.63, 3.8) is 0 Å². The van der Waals surface area contributed by atoms with Gasteiger partial charge in [0.2, 0.25) is 11.8 Å². The summed E-state index contributed by atoms with van der Waals surface area (Å²) in [6.45, 7) is 0. The minimum absolute atomic E-state index is 0.0385. The molecule has 5 nitrogen and oxygen atoms in total. The highest BCUT2D eigenvalue weighted by molar-refractivity contribution is 6.02. The summed E-state index contributed by atoms with van der Waals surface area (Å²) in [5.41, 5.74) is 3.69. The topological polar surface area (TPSA) is 58.6 Å². The van der Waals surface area contributed by atoms with Crippen molar-refractivity contribution in [1.29, 1.82) is 0 Å². The molecule has 0 saturated carbocycles. The molecule has 0 saturated heterocycles. The van der Waals surface area contributed by atoms with E-state index in [0.717, 1.165) is 28.3 Å². The first-order valence-corrected chi connectivity index (χ1v) is 7.89. The van der Waals surface area contributed by atoms with E-state index in [0.29, 0.717) is 19.3 Å². The molecule has 2 aromatic rings. The molecule has 0 radical (unpaired) electrons. The Morgan fingerprint density at radius 1 is 1.21 bits per heavy atom. The van der Waals surface area contributed by atoms with E-state index >= 15 is 0 Å². The van der Waals surface area contributed by atoms with E-state index in [1.807, 2.05) is 42.5 Å². The maximum absolute atomic E-state index is 12.1. The number of ether oxygens (including phenoxy) is 1. The zero-order valence-corrected chi connectivity index (χ0v) is 13.8. The minimum Gasteiger partial charge on any atom is -0.497 e. The average molecular weight is 324 g/mol. The van der Waals surface area contributed by atoms with Crippen LogP contribution >= 0.6 is 0 Å². The fraction of sp³-hybridized carbons (Fsp3) is 0.263. The van der Waals surface area contributed by atoms with Crippen LogP contribution in [0.25, 0.3) is 0 Å². The van der Waals surface area contributed by atoms with Gasteiger partial charge in [0.25, 0.3) is 0 Å². The Kier molecular flexibility index (Phi) is 4.51. The highest BCUT2D eigenvalue weighted by Gasteiger charge is 2.23. The Hall–Kier alpha value is -2.82. The second-order valence-electron chi connectivity index (χ2n) is 5.87. The fourth-order valence-corrected chi connectivity index (χ4v) is 2.82. The number of carbonyl (C=O) groups is 2. The lowest BCUT2D eigenvalue weighted by atomic mass is 10.1. The number of hydrogen-bond acceptors (Lipinski definition) is 3. The lowest BCUT2D eigenvalue weighted by molar-refractivity contribution is -0.117. The minimum atomic E-state index is -0.0385. The van der Waals surface area contributed by atoms with Crippen LogP contribution in [0.2, 0.25) is 0 Å². The number of fused-ring (bicyclic) bond motifs is 1. The summed E-state index contributed by atoms with van der Waals surface area (Å²) >= 11 is 0. The number of aryl methyl sites for hydroxylation is 1. The Morgan fingerprint density at radius 3 is 2.67 bits per heavy atom. The third-order valence-corrected chi connectivity index (χ3v) is 4.24. The second-order valence-corrected chi connectivity index (χ2v) is 5.87. The summed E-state index contributed by atoms with van der Waals surface area (Å²) in [6, 6.07) is 13.3. The van der Waals surface area contributed by atoms with E-state index in [1.54, 1.807) is 19.1 Å². The molecule has 0 aliphatic carbocycles. The van der Waals surface area contributed by atoms with Gasteiger partial charge in [-0.1, -0.05) is 12.1 Å². The number of nitrogens with one attached hydrogen (secondary N) is 1. The second kappa shape index (κ2) is 6.74. The van der Waals surface area contributed by atoms with Gasteiger partial charge in [-0.3, -0.25) is 9.59 Å².